The third-order valence-electron chi connectivity index (χ3n) is 1.60. The fourth-order valence-electron chi connectivity index (χ4n) is 0.802. The lowest BCUT2D eigenvalue weighted by molar-refractivity contribution is -0.199. The summed E-state index contributed by atoms with van der Waals surface area (Å²) >= 11 is 0. The van der Waals surface area contributed by atoms with Crippen LogP contribution in [0, 0.1) is 0 Å². The molecule has 0 N–H and O–H groups in total. The second-order valence-electron chi connectivity index (χ2n) is 3.33. The molecule has 4 nitrogen and oxygen atoms in total. The highest BCUT2D eigenvalue weighted by atomic mass is 31.2. The van der Waals surface area contributed by atoms with Gasteiger partial charge in [0.1, 0.15) is 0 Å². The van der Waals surface area contributed by atoms with Gasteiger partial charge in [0, 0.05) is 0 Å². The average Bonchev–Trinajstić information content (AvgIpc) is 2.26. The van der Waals surface area contributed by atoms with Crippen molar-refractivity contribution in [1.82, 2.24) is 0 Å². The largest absolute Gasteiger partial charge is 0.479 e. The van der Waals surface area contributed by atoms with Gasteiger partial charge in [0.15, 0.2) is 6.67 Å². The predicted molar refractivity (Wildman–Crippen MR) is 56.7 cm³/mol. The zero-order valence-electron chi connectivity index (χ0n) is 9.96. The van der Waals surface area contributed by atoms with E-state index in [2.05, 4.69) is 13.6 Å². The lowest BCUT2D eigenvalue weighted by Gasteiger charge is -2.21. The van der Waals surface area contributed by atoms with E-state index in [9.17, 15) is 17.7 Å². The molecule has 8 heteroatoms. The first-order valence-electron chi connectivity index (χ1n) is 5.42. The predicted octanol–water partition coefficient (Wildman–Crippen LogP) is 3.92. The smallest absolute Gasteiger partial charge is 0.287 e. The number of phosphoric ester groups is 1. The molecule has 0 aromatic rings. The van der Waals surface area contributed by atoms with Crippen LogP contribution in [-0.4, -0.2) is 26.0 Å². The van der Waals surface area contributed by atoms with E-state index in [4.69, 9.17) is 0 Å². The minimum Gasteiger partial charge on any atom is -0.287 e. The second kappa shape index (κ2) is 8.08. The highest BCUT2D eigenvalue weighted by Gasteiger charge is 2.42. The summed E-state index contributed by atoms with van der Waals surface area (Å²) in [5.74, 6) is 0. The Morgan fingerprint density at radius 2 is 1.71 bits per heavy atom. The number of phosphoric acid groups is 1. The molecule has 0 aliphatic heterocycles. The summed E-state index contributed by atoms with van der Waals surface area (Å²) < 4.78 is 62.1. The van der Waals surface area contributed by atoms with Crippen molar-refractivity contribution >= 4 is 7.82 Å². The van der Waals surface area contributed by atoms with Crippen molar-refractivity contribution in [3.05, 3.63) is 0 Å². The molecule has 0 heterocycles. The minimum absolute atomic E-state index is 0.0418. The summed E-state index contributed by atoms with van der Waals surface area (Å²) in [4.78, 5) is 0. The molecule has 17 heavy (non-hydrogen) atoms. The molecule has 1 unspecified atom stereocenters. The van der Waals surface area contributed by atoms with Crippen molar-refractivity contribution < 1.29 is 31.3 Å². The number of alkyl halides is 3. The van der Waals surface area contributed by atoms with Crippen LogP contribution in [0.1, 0.15) is 33.1 Å². The number of unbranched alkanes of at least 4 members (excludes halogenated alkanes) is 1. The maximum atomic E-state index is 12.7. The van der Waals surface area contributed by atoms with Crippen LogP contribution in [0.3, 0.4) is 0 Å². The SMILES string of the molecule is CCCCOP(=O)(OCCC)OC(F)(F)CF. The van der Waals surface area contributed by atoms with Gasteiger partial charge in [0.05, 0.1) is 13.2 Å². The average molecular weight is 278 g/mol. The minimum atomic E-state index is -4.39. The van der Waals surface area contributed by atoms with Crippen LogP contribution >= 0.6 is 7.82 Å². The quantitative estimate of drug-likeness (QED) is 0.449. The number of hydrogen-bond acceptors (Lipinski definition) is 4. The number of halogens is 3. The van der Waals surface area contributed by atoms with Gasteiger partial charge in [0.2, 0.25) is 0 Å². The molecular formula is C9H18F3O4P. The Morgan fingerprint density at radius 1 is 1.12 bits per heavy atom. The lowest BCUT2D eigenvalue weighted by Crippen LogP contribution is -2.23. The molecule has 0 saturated heterocycles. The van der Waals surface area contributed by atoms with Gasteiger partial charge in [-0.05, 0) is 12.8 Å². The van der Waals surface area contributed by atoms with E-state index in [1.54, 1.807) is 6.92 Å². The molecule has 0 spiro atoms. The molecule has 0 rings (SSSR count). The van der Waals surface area contributed by atoms with Crippen molar-refractivity contribution in [2.45, 2.75) is 39.2 Å². The summed E-state index contributed by atoms with van der Waals surface area (Å²) in [5.41, 5.74) is 0. The highest BCUT2D eigenvalue weighted by Crippen LogP contribution is 2.53. The Bertz CT molecular complexity index is 250. The van der Waals surface area contributed by atoms with E-state index >= 15 is 0 Å². The van der Waals surface area contributed by atoms with Crippen LogP contribution in [0.25, 0.3) is 0 Å². The van der Waals surface area contributed by atoms with E-state index in [-0.39, 0.29) is 13.2 Å². The van der Waals surface area contributed by atoms with Gasteiger partial charge in [-0.25, -0.2) is 13.5 Å². The van der Waals surface area contributed by atoms with Crippen LogP contribution in [0.15, 0.2) is 0 Å². The van der Waals surface area contributed by atoms with Crippen LogP contribution in [0.5, 0.6) is 0 Å². The fourth-order valence-corrected chi connectivity index (χ4v) is 2.12. The summed E-state index contributed by atoms with van der Waals surface area (Å²) in [5, 5.41) is 0. The van der Waals surface area contributed by atoms with Gasteiger partial charge < -0.3 is 0 Å². The van der Waals surface area contributed by atoms with E-state index in [1.807, 2.05) is 6.92 Å². The van der Waals surface area contributed by atoms with Crippen LogP contribution < -0.4 is 0 Å². The molecule has 0 bridgehead atoms. The van der Waals surface area contributed by atoms with Crippen LogP contribution in [0.2, 0.25) is 0 Å². The Labute approximate surface area is 99.0 Å². The maximum absolute atomic E-state index is 12.7. The fraction of sp³-hybridized carbons (Fsp3) is 1.00. The Kier molecular flexibility index (Phi) is 8.03. The molecule has 0 radical (unpaired) electrons. The van der Waals surface area contributed by atoms with Crippen molar-refractivity contribution in [2.75, 3.05) is 19.9 Å². The Balaban J connectivity index is 4.43. The Morgan fingerprint density at radius 3 is 2.18 bits per heavy atom. The molecule has 0 aliphatic carbocycles. The monoisotopic (exact) mass is 278 g/mol. The van der Waals surface area contributed by atoms with E-state index in [1.165, 1.54) is 0 Å². The maximum Gasteiger partial charge on any atom is 0.479 e. The lowest BCUT2D eigenvalue weighted by atomic mass is 10.4. The third kappa shape index (κ3) is 7.76. The second-order valence-corrected chi connectivity index (χ2v) is 4.92. The highest BCUT2D eigenvalue weighted by molar-refractivity contribution is 7.48. The van der Waals surface area contributed by atoms with Gasteiger partial charge in [-0.15, -0.1) is 0 Å². The topological polar surface area (TPSA) is 44.8 Å². The van der Waals surface area contributed by atoms with Crippen molar-refractivity contribution in [1.29, 1.82) is 0 Å². The summed E-state index contributed by atoms with van der Waals surface area (Å²) in [6.45, 7) is 1.36. The number of rotatable bonds is 10. The van der Waals surface area contributed by atoms with E-state index in [0.29, 0.717) is 12.8 Å². The standard InChI is InChI=1S/C9H18F3O4P/c1-3-5-7-15-17(13,14-6-4-2)16-9(11,12)8-10/h3-8H2,1-2H3. The van der Waals surface area contributed by atoms with Gasteiger partial charge in [-0.2, -0.15) is 8.78 Å². The van der Waals surface area contributed by atoms with E-state index in [0.717, 1.165) is 6.42 Å². The zero-order chi connectivity index (χ0) is 13.4. The zero-order valence-corrected chi connectivity index (χ0v) is 10.9. The van der Waals surface area contributed by atoms with Gasteiger partial charge in [0.25, 0.3) is 0 Å². The summed E-state index contributed by atoms with van der Waals surface area (Å²) in [6.07, 6.45) is -2.46. The first kappa shape index (κ1) is 16.9. The Hall–Kier alpha value is -0.100. The first-order chi connectivity index (χ1) is 7.89. The molecule has 0 fully saturated rings. The van der Waals surface area contributed by atoms with Gasteiger partial charge in [-0.1, -0.05) is 20.3 Å². The molecule has 0 saturated carbocycles. The molecule has 1 atom stereocenters. The summed E-state index contributed by atoms with van der Waals surface area (Å²) in [7, 11) is -4.39. The van der Waals surface area contributed by atoms with Gasteiger partial charge in [-0.3, -0.25) is 9.05 Å². The van der Waals surface area contributed by atoms with Crippen molar-refractivity contribution in [3.63, 3.8) is 0 Å². The first-order valence-corrected chi connectivity index (χ1v) is 6.89. The molecule has 0 aromatic carbocycles. The van der Waals surface area contributed by atoms with Gasteiger partial charge >= 0.3 is 13.9 Å². The molecule has 104 valence electrons. The molecular weight excluding hydrogens is 260 g/mol. The number of hydrogen-bond donors (Lipinski definition) is 0. The van der Waals surface area contributed by atoms with Crippen LogP contribution in [0.4, 0.5) is 13.2 Å². The van der Waals surface area contributed by atoms with E-state index < -0.39 is 20.6 Å². The van der Waals surface area contributed by atoms with Crippen LogP contribution in [-0.2, 0) is 18.1 Å². The van der Waals surface area contributed by atoms with Crippen molar-refractivity contribution in [2.24, 2.45) is 0 Å². The summed E-state index contributed by atoms with van der Waals surface area (Å²) in [6, 6.07) is 0. The molecule has 0 amide bonds. The molecule has 0 aliphatic rings. The van der Waals surface area contributed by atoms with Crippen molar-refractivity contribution in [3.8, 4) is 0 Å². The normalized spacial score (nSPS) is 15.8. The molecule has 0 aromatic heterocycles. The third-order valence-corrected chi connectivity index (χ3v) is 3.09.